The van der Waals surface area contributed by atoms with Crippen molar-refractivity contribution in [2.24, 2.45) is 5.11 Å². The van der Waals surface area contributed by atoms with E-state index in [1.165, 1.54) is 0 Å². The molecule has 2 aromatic rings. The molecular formula is C8H7N5. The molecule has 5 nitrogen and oxygen atoms in total. The van der Waals surface area contributed by atoms with Crippen molar-refractivity contribution >= 4 is 16.7 Å². The molecule has 1 N–H and O–H groups in total. The Bertz CT molecular complexity index is 492. The van der Waals surface area contributed by atoms with Crippen molar-refractivity contribution in [3.63, 3.8) is 0 Å². The topological polar surface area (TPSA) is 77.4 Å². The minimum absolute atomic E-state index is 0.396. The van der Waals surface area contributed by atoms with Gasteiger partial charge in [0, 0.05) is 22.2 Å². The summed E-state index contributed by atoms with van der Waals surface area (Å²) in [5.74, 6) is 0.396. The summed E-state index contributed by atoms with van der Waals surface area (Å²) in [5, 5.41) is 4.50. The number of fused-ring (bicyclic) bond motifs is 1. The monoisotopic (exact) mass is 173 g/mol. The Labute approximate surface area is 74.0 Å². The van der Waals surface area contributed by atoms with Gasteiger partial charge in [0.05, 0.1) is 5.52 Å². The molecule has 5 heteroatoms. The zero-order chi connectivity index (χ0) is 9.26. The van der Waals surface area contributed by atoms with E-state index in [9.17, 15) is 0 Å². The number of H-pyrrole nitrogens is 1. The third-order valence-electron chi connectivity index (χ3n) is 1.80. The Balaban J connectivity index is 2.81. The van der Waals surface area contributed by atoms with Crippen LogP contribution in [0.15, 0.2) is 23.4 Å². The van der Waals surface area contributed by atoms with E-state index in [-0.39, 0.29) is 0 Å². The number of rotatable bonds is 1. The van der Waals surface area contributed by atoms with Gasteiger partial charge in [-0.3, -0.25) is 4.98 Å². The van der Waals surface area contributed by atoms with Gasteiger partial charge in [-0.15, -0.1) is 0 Å². The van der Waals surface area contributed by atoms with E-state index in [0.29, 0.717) is 5.82 Å². The molecule has 0 aromatic carbocycles. The molecule has 0 aliphatic rings. The van der Waals surface area contributed by atoms with Crippen molar-refractivity contribution in [1.82, 2.24) is 9.97 Å². The molecule has 2 rings (SSSR count). The smallest absolute Gasteiger partial charge is 0.150 e. The number of aromatic amines is 1. The molecule has 0 fully saturated rings. The number of azide groups is 1. The van der Waals surface area contributed by atoms with Crippen molar-refractivity contribution in [2.75, 3.05) is 0 Å². The molecule has 64 valence electrons. The van der Waals surface area contributed by atoms with Crippen LogP contribution in [0, 0.1) is 6.92 Å². The van der Waals surface area contributed by atoms with Crippen LogP contribution in [-0.4, -0.2) is 9.97 Å². The fourth-order valence-corrected chi connectivity index (χ4v) is 1.30. The maximum atomic E-state index is 8.29. The molecule has 0 saturated carbocycles. The third-order valence-corrected chi connectivity index (χ3v) is 1.80. The van der Waals surface area contributed by atoms with Crippen LogP contribution in [0.2, 0.25) is 0 Å². The number of aryl methyl sites for hydroxylation is 1. The summed E-state index contributed by atoms with van der Waals surface area (Å²) in [6.07, 6.45) is 1.62. The summed E-state index contributed by atoms with van der Waals surface area (Å²) < 4.78 is 0. The van der Waals surface area contributed by atoms with Crippen LogP contribution < -0.4 is 0 Å². The summed E-state index contributed by atoms with van der Waals surface area (Å²) in [7, 11) is 0. The van der Waals surface area contributed by atoms with Crippen LogP contribution in [-0.2, 0) is 0 Å². The standard InChI is InChI=1S/C8H7N5/c1-5-4-6-2-3-10-8(12-13-9)7(6)11-5/h2-4,11H,1H3. The predicted octanol–water partition coefficient (Wildman–Crippen LogP) is 2.81. The van der Waals surface area contributed by atoms with Crippen molar-refractivity contribution in [3.05, 3.63) is 34.5 Å². The van der Waals surface area contributed by atoms with Crippen LogP contribution in [0.4, 0.5) is 5.82 Å². The summed E-state index contributed by atoms with van der Waals surface area (Å²) >= 11 is 0. The lowest BCUT2D eigenvalue weighted by molar-refractivity contribution is 1.24. The Hall–Kier alpha value is -2.00. The lowest BCUT2D eigenvalue weighted by Crippen LogP contribution is -1.74. The maximum Gasteiger partial charge on any atom is 0.150 e. The van der Waals surface area contributed by atoms with Gasteiger partial charge >= 0.3 is 0 Å². The van der Waals surface area contributed by atoms with Crippen molar-refractivity contribution in [1.29, 1.82) is 0 Å². The lowest BCUT2D eigenvalue weighted by Gasteiger charge is -1.91. The van der Waals surface area contributed by atoms with Crippen LogP contribution in [0.3, 0.4) is 0 Å². The summed E-state index contributed by atoms with van der Waals surface area (Å²) in [4.78, 5) is 9.75. The molecule has 0 radical (unpaired) electrons. The van der Waals surface area contributed by atoms with Gasteiger partial charge < -0.3 is 4.98 Å². The van der Waals surface area contributed by atoms with Gasteiger partial charge in [0.25, 0.3) is 0 Å². The molecule has 0 saturated heterocycles. The Morgan fingerprint density at radius 3 is 3.23 bits per heavy atom. The Kier molecular flexibility index (Phi) is 1.65. The number of pyridine rings is 1. The number of hydrogen-bond acceptors (Lipinski definition) is 2. The van der Waals surface area contributed by atoms with Gasteiger partial charge in [-0.2, -0.15) is 0 Å². The predicted molar refractivity (Wildman–Crippen MR) is 49.6 cm³/mol. The normalized spacial score (nSPS) is 9.92. The molecule has 0 aliphatic carbocycles. The fraction of sp³-hybridized carbons (Fsp3) is 0.125. The molecular weight excluding hydrogens is 166 g/mol. The zero-order valence-electron chi connectivity index (χ0n) is 7.02. The van der Waals surface area contributed by atoms with Crippen molar-refractivity contribution in [3.8, 4) is 0 Å². The van der Waals surface area contributed by atoms with Crippen LogP contribution in [0.1, 0.15) is 5.69 Å². The largest absolute Gasteiger partial charge is 0.357 e. The quantitative estimate of drug-likeness (QED) is 0.401. The first-order valence-electron chi connectivity index (χ1n) is 3.80. The SMILES string of the molecule is Cc1cc2ccnc(N=[N+]=[N-])c2[nH]1. The van der Waals surface area contributed by atoms with E-state index in [2.05, 4.69) is 20.0 Å². The highest BCUT2D eigenvalue weighted by Gasteiger charge is 2.01. The van der Waals surface area contributed by atoms with E-state index in [4.69, 9.17) is 5.53 Å². The van der Waals surface area contributed by atoms with Gasteiger partial charge in [0.15, 0.2) is 5.82 Å². The average Bonchev–Trinajstić information content (AvgIpc) is 2.47. The van der Waals surface area contributed by atoms with Crippen LogP contribution in [0.5, 0.6) is 0 Å². The summed E-state index contributed by atoms with van der Waals surface area (Å²) in [5.41, 5.74) is 10.1. The number of nitrogens with one attached hydrogen (secondary N) is 1. The summed E-state index contributed by atoms with van der Waals surface area (Å²) in [6, 6.07) is 3.85. The average molecular weight is 173 g/mol. The highest BCUT2D eigenvalue weighted by molar-refractivity contribution is 5.87. The molecule has 0 aliphatic heterocycles. The highest BCUT2D eigenvalue weighted by atomic mass is 15.2. The van der Waals surface area contributed by atoms with Gasteiger partial charge in [-0.05, 0) is 29.7 Å². The van der Waals surface area contributed by atoms with Crippen molar-refractivity contribution in [2.45, 2.75) is 6.92 Å². The molecule has 0 bridgehead atoms. The Morgan fingerprint density at radius 1 is 1.62 bits per heavy atom. The second kappa shape index (κ2) is 2.80. The van der Waals surface area contributed by atoms with Gasteiger partial charge in [0.1, 0.15) is 0 Å². The maximum absolute atomic E-state index is 8.29. The summed E-state index contributed by atoms with van der Waals surface area (Å²) in [6.45, 7) is 1.94. The molecule has 2 heterocycles. The minimum Gasteiger partial charge on any atom is -0.357 e. The Morgan fingerprint density at radius 2 is 2.46 bits per heavy atom. The van der Waals surface area contributed by atoms with E-state index >= 15 is 0 Å². The highest BCUT2D eigenvalue weighted by Crippen LogP contribution is 2.22. The second-order valence-electron chi connectivity index (χ2n) is 2.74. The minimum atomic E-state index is 0.396. The third kappa shape index (κ3) is 1.21. The van der Waals surface area contributed by atoms with Crippen molar-refractivity contribution < 1.29 is 0 Å². The van der Waals surface area contributed by atoms with E-state index in [1.54, 1.807) is 6.20 Å². The molecule has 0 spiro atoms. The van der Waals surface area contributed by atoms with E-state index < -0.39 is 0 Å². The molecule has 0 amide bonds. The number of aromatic nitrogens is 2. The molecule has 0 atom stereocenters. The zero-order valence-corrected chi connectivity index (χ0v) is 7.02. The van der Waals surface area contributed by atoms with Gasteiger partial charge in [-0.25, -0.2) is 0 Å². The molecule has 2 aromatic heterocycles. The number of hydrogen-bond donors (Lipinski definition) is 1. The lowest BCUT2D eigenvalue weighted by atomic mass is 10.3. The fourth-order valence-electron chi connectivity index (χ4n) is 1.30. The first-order valence-corrected chi connectivity index (χ1v) is 3.80. The van der Waals surface area contributed by atoms with Crippen LogP contribution >= 0.6 is 0 Å². The second-order valence-corrected chi connectivity index (χ2v) is 2.74. The molecule has 13 heavy (non-hydrogen) atoms. The van der Waals surface area contributed by atoms with Gasteiger partial charge in [0.2, 0.25) is 0 Å². The van der Waals surface area contributed by atoms with E-state index in [0.717, 1.165) is 16.6 Å². The van der Waals surface area contributed by atoms with Crippen LogP contribution in [0.25, 0.3) is 21.3 Å². The van der Waals surface area contributed by atoms with Gasteiger partial charge in [-0.1, -0.05) is 0 Å². The first-order chi connectivity index (χ1) is 6.31. The molecule has 0 unspecified atom stereocenters. The number of nitrogens with zero attached hydrogens (tertiary/aromatic N) is 4. The first kappa shape index (κ1) is 7.64. The van der Waals surface area contributed by atoms with E-state index in [1.807, 2.05) is 19.1 Å².